The number of halogens is 2. The van der Waals surface area contributed by atoms with Crippen molar-refractivity contribution < 1.29 is 4.42 Å². The maximum Gasteiger partial charge on any atom is 0.208 e. The second kappa shape index (κ2) is 5.99. The third kappa shape index (κ3) is 3.67. The van der Waals surface area contributed by atoms with E-state index < -0.39 is 0 Å². The van der Waals surface area contributed by atoms with E-state index in [1.165, 1.54) is 0 Å². The zero-order valence-electron chi connectivity index (χ0n) is 10.2. The molecule has 1 N–H and O–H groups in total. The van der Waals surface area contributed by atoms with Crippen LogP contribution in [0, 0.1) is 0 Å². The van der Waals surface area contributed by atoms with Gasteiger partial charge in [-0.15, -0.1) is 0 Å². The molecule has 5 heteroatoms. The third-order valence-corrected chi connectivity index (χ3v) is 3.28. The quantitative estimate of drug-likeness (QED) is 0.864. The minimum atomic E-state index is 0.417. The fourth-order valence-corrected chi connectivity index (χ4v) is 2.81. The van der Waals surface area contributed by atoms with Gasteiger partial charge in [0.1, 0.15) is 0 Å². The van der Waals surface area contributed by atoms with Crippen molar-refractivity contribution in [1.29, 1.82) is 0 Å². The number of rotatable bonds is 4. The molecule has 0 saturated carbocycles. The van der Waals surface area contributed by atoms with Crippen molar-refractivity contribution in [2.75, 3.05) is 0 Å². The predicted octanol–water partition coefficient (Wildman–Crippen LogP) is 4.36. The van der Waals surface area contributed by atoms with Gasteiger partial charge in [0.2, 0.25) is 5.89 Å². The molecule has 96 valence electrons. The highest BCUT2D eigenvalue weighted by Crippen LogP contribution is 2.28. The summed E-state index contributed by atoms with van der Waals surface area (Å²) in [6.07, 6.45) is 1.76. The number of nitrogens with one attached hydrogen (secondary N) is 1. The fourth-order valence-electron chi connectivity index (χ4n) is 1.51. The number of oxazole rings is 1. The fraction of sp³-hybridized carbons (Fsp3) is 0.308. The molecule has 1 aromatic carbocycles. The van der Waals surface area contributed by atoms with Crippen LogP contribution in [0.1, 0.15) is 19.7 Å². The predicted molar refractivity (Wildman–Crippen MR) is 79.3 cm³/mol. The molecule has 0 aliphatic rings. The summed E-state index contributed by atoms with van der Waals surface area (Å²) in [5, 5.41) is 3.27. The van der Waals surface area contributed by atoms with Crippen LogP contribution >= 0.6 is 31.9 Å². The van der Waals surface area contributed by atoms with Crippen LogP contribution in [0.2, 0.25) is 0 Å². The average Bonchev–Trinajstić information content (AvgIpc) is 2.73. The monoisotopic (exact) mass is 372 g/mol. The van der Waals surface area contributed by atoms with Crippen LogP contribution in [-0.4, -0.2) is 11.0 Å². The zero-order valence-corrected chi connectivity index (χ0v) is 13.4. The van der Waals surface area contributed by atoms with E-state index in [1.54, 1.807) is 6.20 Å². The van der Waals surface area contributed by atoms with Crippen molar-refractivity contribution in [3.05, 3.63) is 39.2 Å². The van der Waals surface area contributed by atoms with Gasteiger partial charge in [-0.25, -0.2) is 4.98 Å². The summed E-state index contributed by atoms with van der Waals surface area (Å²) >= 11 is 6.92. The number of nitrogens with zero attached hydrogens (tertiary/aromatic N) is 1. The zero-order chi connectivity index (χ0) is 13.1. The Morgan fingerprint density at radius 1 is 1.22 bits per heavy atom. The Morgan fingerprint density at radius 2 is 1.89 bits per heavy atom. The van der Waals surface area contributed by atoms with Crippen LogP contribution in [0.3, 0.4) is 0 Å². The molecule has 2 aromatic rings. The maximum absolute atomic E-state index is 5.71. The Balaban J connectivity index is 2.18. The SMILES string of the molecule is CC(C)NCc1ncc(-c2cc(Br)cc(Br)c2)o1. The molecule has 0 radical (unpaired) electrons. The first kappa shape index (κ1) is 13.8. The summed E-state index contributed by atoms with van der Waals surface area (Å²) in [5.74, 6) is 1.48. The summed E-state index contributed by atoms with van der Waals surface area (Å²) in [7, 11) is 0. The van der Waals surface area contributed by atoms with E-state index in [2.05, 4.69) is 56.0 Å². The number of aromatic nitrogens is 1. The molecular formula is C13H14Br2N2O. The summed E-state index contributed by atoms with van der Waals surface area (Å²) < 4.78 is 7.72. The number of hydrogen-bond donors (Lipinski definition) is 1. The highest BCUT2D eigenvalue weighted by atomic mass is 79.9. The molecule has 0 spiro atoms. The van der Waals surface area contributed by atoms with Crippen molar-refractivity contribution in [3.63, 3.8) is 0 Å². The molecule has 0 aliphatic heterocycles. The Bertz CT molecular complexity index is 517. The second-order valence-corrected chi connectivity index (χ2v) is 6.14. The summed E-state index contributed by atoms with van der Waals surface area (Å²) in [5.41, 5.74) is 1.000. The van der Waals surface area contributed by atoms with E-state index in [1.807, 2.05) is 18.2 Å². The van der Waals surface area contributed by atoms with Gasteiger partial charge in [-0.3, -0.25) is 0 Å². The van der Waals surface area contributed by atoms with E-state index in [4.69, 9.17) is 4.42 Å². The van der Waals surface area contributed by atoms with Crippen molar-refractivity contribution in [2.45, 2.75) is 26.4 Å². The molecule has 0 atom stereocenters. The first-order chi connectivity index (χ1) is 8.54. The van der Waals surface area contributed by atoms with Crippen molar-refractivity contribution in [1.82, 2.24) is 10.3 Å². The van der Waals surface area contributed by atoms with Crippen molar-refractivity contribution >= 4 is 31.9 Å². The van der Waals surface area contributed by atoms with E-state index in [9.17, 15) is 0 Å². The standard InChI is InChI=1S/C13H14Br2N2O/c1-8(2)16-7-13-17-6-12(18-13)9-3-10(14)5-11(15)4-9/h3-6,8,16H,7H2,1-2H3. The van der Waals surface area contributed by atoms with Crippen molar-refractivity contribution in [3.8, 4) is 11.3 Å². The van der Waals surface area contributed by atoms with Crippen LogP contribution in [0.4, 0.5) is 0 Å². The highest BCUT2D eigenvalue weighted by molar-refractivity contribution is 9.11. The van der Waals surface area contributed by atoms with Crippen LogP contribution in [0.15, 0.2) is 37.8 Å². The lowest BCUT2D eigenvalue weighted by Gasteiger charge is -2.04. The van der Waals surface area contributed by atoms with Gasteiger partial charge < -0.3 is 9.73 Å². The molecule has 18 heavy (non-hydrogen) atoms. The van der Waals surface area contributed by atoms with E-state index in [0.717, 1.165) is 20.3 Å². The van der Waals surface area contributed by atoms with Gasteiger partial charge in [0, 0.05) is 20.6 Å². The summed E-state index contributed by atoms with van der Waals surface area (Å²) in [6.45, 7) is 4.83. The third-order valence-electron chi connectivity index (χ3n) is 2.36. The van der Waals surface area contributed by atoms with Gasteiger partial charge in [0.15, 0.2) is 5.76 Å². The second-order valence-electron chi connectivity index (χ2n) is 4.31. The smallest absolute Gasteiger partial charge is 0.208 e. The lowest BCUT2D eigenvalue weighted by atomic mass is 10.2. The van der Waals surface area contributed by atoms with Crippen LogP contribution < -0.4 is 5.32 Å². The van der Waals surface area contributed by atoms with Crippen LogP contribution in [-0.2, 0) is 6.54 Å². The molecule has 0 saturated heterocycles. The van der Waals surface area contributed by atoms with E-state index >= 15 is 0 Å². The molecule has 1 aromatic heterocycles. The van der Waals surface area contributed by atoms with E-state index in [0.29, 0.717) is 18.5 Å². The molecule has 0 fully saturated rings. The van der Waals surface area contributed by atoms with E-state index in [-0.39, 0.29) is 0 Å². The topological polar surface area (TPSA) is 38.1 Å². The maximum atomic E-state index is 5.71. The van der Waals surface area contributed by atoms with Gasteiger partial charge in [-0.2, -0.15) is 0 Å². The van der Waals surface area contributed by atoms with Crippen LogP contribution in [0.5, 0.6) is 0 Å². The van der Waals surface area contributed by atoms with Gasteiger partial charge in [0.25, 0.3) is 0 Å². The molecule has 0 amide bonds. The first-order valence-electron chi connectivity index (χ1n) is 5.69. The Kier molecular flexibility index (Phi) is 4.59. The highest BCUT2D eigenvalue weighted by Gasteiger charge is 2.08. The Hall–Kier alpha value is -0.650. The van der Waals surface area contributed by atoms with Gasteiger partial charge in [-0.05, 0) is 18.2 Å². The molecule has 0 unspecified atom stereocenters. The number of benzene rings is 1. The van der Waals surface area contributed by atoms with Crippen molar-refractivity contribution in [2.24, 2.45) is 0 Å². The summed E-state index contributed by atoms with van der Waals surface area (Å²) in [4.78, 5) is 4.26. The number of hydrogen-bond acceptors (Lipinski definition) is 3. The Labute approximate surface area is 123 Å². The summed E-state index contributed by atoms with van der Waals surface area (Å²) in [6, 6.07) is 6.41. The first-order valence-corrected chi connectivity index (χ1v) is 7.28. The minimum Gasteiger partial charge on any atom is -0.439 e. The van der Waals surface area contributed by atoms with Crippen LogP contribution in [0.25, 0.3) is 11.3 Å². The lowest BCUT2D eigenvalue weighted by Crippen LogP contribution is -2.21. The molecular weight excluding hydrogens is 360 g/mol. The molecule has 0 bridgehead atoms. The average molecular weight is 374 g/mol. The molecule has 3 nitrogen and oxygen atoms in total. The molecule has 2 rings (SSSR count). The Morgan fingerprint density at radius 3 is 2.50 bits per heavy atom. The molecule has 0 aliphatic carbocycles. The van der Waals surface area contributed by atoms with Gasteiger partial charge >= 0.3 is 0 Å². The lowest BCUT2D eigenvalue weighted by molar-refractivity contribution is 0.459. The van der Waals surface area contributed by atoms with Gasteiger partial charge in [0.05, 0.1) is 12.7 Å². The van der Waals surface area contributed by atoms with Gasteiger partial charge in [-0.1, -0.05) is 45.7 Å². The normalized spacial score (nSPS) is 11.2. The minimum absolute atomic E-state index is 0.417. The largest absolute Gasteiger partial charge is 0.439 e. The molecule has 1 heterocycles.